The van der Waals surface area contributed by atoms with Crippen LogP contribution >= 0.6 is 0 Å². The summed E-state index contributed by atoms with van der Waals surface area (Å²) in [6.07, 6.45) is 2.16. The lowest BCUT2D eigenvalue weighted by molar-refractivity contribution is 0.0822. The summed E-state index contributed by atoms with van der Waals surface area (Å²) in [6, 6.07) is 0.469. The largest absolute Gasteiger partial charge is 0.381 e. The normalized spacial score (nSPS) is 26.7. The molecule has 5 nitrogen and oxygen atoms in total. The molecule has 0 bridgehead atoms. The van der Waals surface area contributed by atoms with E-state index in [1.165, 1.54) is 5.82 Å². The van der Waals surface area contributed by atoms with Gasteiger partial charge in [-0.2, -0.15) is 0 Å². The lowest BCUT2D eigenvalue weighted by Crippen LogP contribution is -2.33. The summed E-state index contributed by atoms with van der Waals surface area (Å²) in [4.78, 5) is 0. The van der Waals surface area contributed by atoms with Gasteiger partial charge in [0.25, 0.3) is 0 Å². The van der Waals surface area contributed by atoms with Crippen LogP contribution in [0.3, 0.4) is 0 Å². The average molecular weight is 222 g/mol. The van der Waals surface area contributed by atoms with Crippen LogP contribution in [0.1, 0.15) is 43.4 Å². The summed E-state index contributed by atoms with van der Waals surface area (Å²) in [6.45, 7) is 5.81. The van der Waals surface area contributed by atoms with Crippen LogP contribution in [0.25, 0.3) is 0 Å². The van der Waals surface area contributed by atoms with Gasteiger partial charge < -0.3 is 14.6 Å². The second-order valence-electron chi connectivity index (χ2n) is 4.71. The zero-order chi connectivity index (χ0) is 11.0. The van der Waals surface area contributed by atoms with Crippen LogP contribution in [-0.4, -0.2) is 34.5 Å². The Morgan fingerprint density at radius 3 is 2.94 bits per heavy atom. The van der Waals surface area contributed by atoms with Crippen molar-refractivity contribution in [1.29, 1.82) is 0 Å². The van der Waals surface area contributed by atoms with Crippen molar-refractivity contribution in [2.75, 3.05) is 19.8 Å². The van der Waals surface area contributed by atoms with E-state index < -0.39 is 0 Å². The van der Waals surface area contributed by atoms with Crippen LogP contribution in [0, 0.1) is 0 Å². The topological polar surface area (TPSA) is 52.0 Å². The molecule has 1 aromatic rings. The Morgan fingerprint density at radius 2 is 2.12 bits per heavy atom. The molecule has 0 spiro atoms. The third-order valence-electron chi connectivity index (χ3n) is 3.54. The summed E-state index contributed by atoms with van der Waals surface area (Å²) in [7, 11) is 0. The molecule has 1 atom stereocenters. The second-order valence-corrected chi connectivity index (χ2v) is 4.71. The summed E-state index contributed by atoms with van der Waals surface area (Å²) in [5.41, 5.74) is 0. The molecule has 0 aliphatic carbocycles. The molecular formula is C11H18N4O. The minimum absolute atomic E-state index is 0.469. The third-order valence-corrected chi connectivity index (χ3v) is 3.54. The molecule has 0 aromatic carbocycles. The molecule has 0 saturated carbocycles. The predicted molar refractivity (Wildman–Crippen MR) is 59.2 cm³/mol. The molecule has 1 aromatic heterocycles. The smallest absolute Gasteiger partial charge is 0.147 e. The van der Waals surface area contributed by atoms with E-state index in [2.05, 4.69) is 27.0 Å². The van der Waals surface area contributed by atoms with Crippen molar-refractivity contribution in [3.63, 3.8) is 0 Å². The molecule has 16 heavy (non-hydrogen) atoms. The monoisotopic (exact) mass is 222 g/mol. The van der Waals surface area contributed by atoms with Crippen LogP contribution in [0.5, 0.6) is 0 Å². The van der Waals surface area contributed by atoms with Gasteiger partial charge in [-0.25, -0.2) is 0 Å². The molecule has 0 amide bonds. The lowest BCUT2D eigenvalue weighted by atomic mass is 9.99. The first-order chi connectivity index (χ1) is 7.86. The number of nitrogens with one attached hydrogen (secondary N) is 1. The number of fused-ring (bicyclic) bond motifs is 1. The molecule has 1 N–H and O–H groups in total. The van der Waals surface area contributed by atoms with Crippen LogP contribution in [0.4, 0.5) is 0 Å². The van der Waals surface area contributed by atoms with Crippen molar-refractivity contribution in [1.82, 2.24) is 20.1 Å². The zero-order valence-corrected chi connectivity index (χ0v) is 9.65. The van der Waals surface area contributed by atoms with E-state index in [1.807, 2.05) is 0 Å². The van der Waals surface area contributed by atoms with Gasteiger partial charge in [-0.3, -0.25) is 0 Å². The highest BCUT2D eigenvalue weighted by atomic mass is 16.5. The van der Waals surface area contributed by atoms with E-state index >= 15 is 0 Å². The standard InChI is InChI=1S/C11H18N4O/c1-8-6-12-7-10-13-14-11(15(8)10)9-2-4-16-5-3-9/h8-9,12H,2-7H2,1H3/t8-/m0/s1. The molecule has 88 valence electrons. The van der Waals surface area contributed by atoms with Crippen molar-refractivity contribution < 1.29 is 4.74 Å². The number of rotatable bonds is 1. The van der Waals surface area contributed by atoms with Gasteiger partial charge in [0.2, 0.25) is 0 Å². The zero-order valence-electron chi connectivity index (χ0n) is 9.65. The van der Waals surface area contributed by atoms with E-state index in [9.17, 15) is 0 Å². The highest BCUT2D eigenvalue weighted by Crippen LogP contribution is 2.28. The molecule has 2 aliphatic rings. The van der Waals surface area contributed by atoms with Gasteiger partial charge in [-0.05, 0) is 19.8 Å². The first-order valence-electron chi connectivity index (χ1n) is 6.08. The van der Waals surface area contributed by atoms with Crippen molar-refractivity contribution in [3.8, 4) is 0 Å². The van der Waals surface area contributed by atoms with Gasteiger partial charge in [-0.15, -0.1) is 10.2 Å². The average Bonchev–Trinajstić information content (AvgIpc) is 2.75. The molecule has 3 heterocycles. The van der Waals surface area contributed by atoms with E-state index in [-0.39, 0.29) is 0 Å². The van der Waals surface area contributed by atoms with Crippen LogP contribution < -0.4 is 5.32 Å². The van der Waals surface area contributed by atoms with E-state index in [0.717, 1.165) is 45.0 Å². The molecule has 3 rings (SSSR count). The van der Waals surface area contributed by atoms with E-state index in [0.29, 0.717) is 12.0 Å². The minimum atomic E-state index is 0.469. The Labute approximate surface area is 95.2 Å². The number of hydrogen-bond acceptors (Lipinski definition) is 4. The van der Waals surface area contributed by atoms with Gasteiger partial charge in [0, 0.05) is 31.7 Å². The molecule has 0 radical (unpaired) electrons. The van der Waals surface area contributed by atoms with Crippen molar-refractivity contribution in [2.45, 2.75) is 38.3 Å². The summed E-state index contributed by atoms with van der Waals surface area (Å²) in [5, 5.41) is 12.0. The lowest BCUT2D eigenvalue weighted by Gasteiger charge is -2.27. The SMILES string of the molecule is C[C@H]1CNCc2nnc(C3CCOCC3)n21. The highest BCUT2D eigenvalue weighted by Gasteiger charge is 2.27. The van der Waals surface area contributed by atoms with E-state index in [1.54, 1.807) is 0 Å². The number of ether oxygens (including phenoxy) is 1. The first kappa shape index (κ1) is 10.2. The van der Waals surface area contributed by atoms with Crippen LogP contribution in [0.15, 0.2) is 0 Å². The van der Waals surface area contributed by atoms with Crippen molar-refractivity contribution >= 4 is 0 Å². The maximum Gasteiger partial charge on any atom is 0.147 e. The van der Waals surface area contributed by atoms with E-state index in [4.69, 9.17) is 4.74 Å². The van der Waals surface area contributed by atoms with Crippen molar-refractivity contribution in [3.05, 3.63) is 11.6 Å². The molecular weight excluding hydrogens is 204 g/mol. The fraction of sp³-hybridized carbons (Fsp3) is 0.818. The molecule has 2 aliphatic heterocycles. The Hall–Kier alpha value is -0.940. The molecule has 0 unspecified atom stereocenters. The van der Waals surface area contributed by atoms with Gasteiger partial charge in [0.15, 0.2) is 0 Å². The molecule has 1 saturated heterocycles. The van der Waals surface area contributed by atoms with Crippen molar-refractivity contribution in [2.24, 2.45) is 0 Å². The summed E-state index contributed by atoms with van der Waals surface area (Å²) in [5.74, 6) is 2.79. The van der Waals surface area contributed by atoms with Crippen LogP contribution in [0.2, 0.25) is 0 Å². The number of hydrogen-bond donors (Lipinski definition) is 1. The summed E-state index contributed by atoms with van der Waals surface area (Å²) < 4.78 is 7.72. The Bertz CT molecular complexity index is 370. The Balaban J connectivity index is 1.91. The Morgan fingerprint density at radius 1 is 1.31 bits per heavy atom. The quantitative estimate of drug-likeness (QED) is 0.765. The maximum atomic E-state index is 5.40. The second kappa shape index (κ2) is 4.14. The van der Waals surface area contributed by atoms with Crippen LogP contribution in [-0.2, 0) is 11.3 Å². The maximum absolute atomic E-state index is 5.40. The Kier molecular flexibility index (Phi) is 2.65. The van der Waals surface area contributed by atoms with Gasteiger partial charge >= 0.3 is 0 Å². The van der Waals surface area contributed by atoms with Gasteiger partial charge in [-0.1, -0.05) is 0 Å². The minimum Gasteiger partial charge on any atom is -0.381 e. The predicted octanol–water partition coefficient (Wildman–Crippen LogP) is 0.836. The first-order valence-corrected chi connectivity index (χ1v) is 6.08. The van der Waals surface area contributed by atoms with Gasteiger partial charge in [0.05, 0.1) is 6.54 Å². The molecule has 1 fully saturated rings. The fourth-order valence-electron chi connectivity index (χ4n) is 2.66. The highest BCUT2D eigenvalue weighted by molar-refractivity contribution is 5.07. The number of aromatic nitrogens is 3. The molecule has 5 heteroatoms. The third kappa shape index (κ3) is 1.64. The van der Waals surface area contributed by atoms with Gasteiger partial charge in [0.1, 0.15) is 11.6 Å². The number of nitrogens with zero attached hydrogens (tertiary/aromatic N) is 3. The summed E-state index contributed by atoms with van der Waals surface area (Å²) >= 11 is 0. The fourth-order valence-corrected chi connectivity index (χ4v) is 2.66.